The van der Waals surface area contributed by atoms with E-state index in [1.165, 1.54) is 0 Å². The average molecular weight is 471 g/mol. The van der Waals surface area contributed by atoms with Crippen molar-refractivity contribution < 1.29 is 23.8 Å². The summed E-state index contributed by atoms with van der Waals surface area (Å²) in [5.74, 6) is 0.197. The smallest absolute Gasteiger partial charge is 0.339 e. The number of rotatable bonds is 9. The maximum atomic E-state index is 13.0. The fraction of sp³-hybridized carbons (Fsp3) is 0.179. The number of hydrogen-bond donors (Lipinski definition) is 1. The van der Waals surface area contributed by atoms with Gasteiger partial charge < -0.3 is 19.5 Å². The number of amides is 1. The molecule has 3 aromatic carbocycles. The first-order chi connectivity index (χ1) is 17.1. The van der Waals surface area contributed by atoms with Crippen LogP contribution in [-0.2, 0) is 16.0 Å². The Morgan fingerprint density at radius 2 is 1.60 bits per heavy atom. The standard InChI is InChI=1S/C28H26N2O5/c1-33-25-13-12-20(16-26(25)34-2)24-17-22(21-10-6-7-11-23(21)30-24)28(32)35-18-27(31)29-15-14-19-8-4-3-5-9-19/h3-13,16-17H,14-15,18H2,1-2H3,(H,29,31). The number of para-hydroxylation sites is 1. The molecule has 0 radical (unpaired) electrons. The Kier molecular flexibility index (Phi) is 7.57. The lowest BCUT2D eigenvalue weighted by Crippen LogP contribution is -2.30. The van der Waals surface area contributed by atoms with Gasteiger partial charge in [0.1, 0.15) is 0 Å². The second kappa shape index (κ2) is 11.2. The van der Waals surface area contributed by atoms with Gasteiger partial charge in [-0.2, -0.15) is 0 Å². The molecule has 4 rings (SSSR count). The maximum absolute atomic E-state index is 13.0. The fourth-order valence-corrected chi connectivity index (χ4v) is 3.74. The van der Waals surface area contributed by atoms with Crippen molar-refractivity contribution in [3.05, 3.63) is 90.0 Å². The summed E-state index contributed by atoms with van der Waals surface area (Å²) in [6, 6.07) is 24.2. The average Bonchev–Trinajstić information content (AvgIpc) is 2.91. The molecule has 0 aliphatic heterocycles. The van der Waals surface area contributed by atoms with Gasteiger partial charge in [0, 0.05) is 17.5 Å². The number of aromatic nitrogens is 1. The highest BCUT2D eigenvalue weighted by atomic mass is 16.5. The molecule has 0 aliphatic carbocycles. The molecule has 4 aromatic rings. The number of nitrogens with one attached hydrogen (secondary N) is 1. The van der Waals surface area contributed by atoms with Gasteiger partial charge in [-0.15, -0.1) is 0 Å². The number of pyridine rings is 1. The van der Waals surface area contributed by atoms with Crippen LogP contribution >= 0.6 is 0 Å². The number of carbonyl (C=O) groups is 2. The molecule has 0 saturated carbocycles. The monoisotopic (exact) mass is 470 g/mol. The van der Waals surface area contributed by atoms with E-state index >= 15 is 0 Å². The summed E-state index contributed by atoms with van der Waals surface area (Å²) in [7, 11) is 3.13. The van der Waals surface area contributed by atoms with E-state index in [1.807, 2.05) is 54.6 Å². The predicted octanol–water partition coefficient (Wildman–Crippen LogP) is 4.43. The summed E-state index contributed by atoms with van der Waals surface area (Å²) in [6.45, 7) is 0.0952. The van der Waals surface area contributed by atoms with Crippen LogP contribution in [0.3, 0.4) is 0 Å². The summed E-state index contributed by atoms with van der Waals surface area (Å²) >= 11 is 0. The Hall–Kier alpha value is -4.39. The molecule has 1 aromatic heterocycles. The zero-order valence-corrected chi connectivity index (χ0v) is 19.6. The van der Waals surface area contributed by atoms with Crippen molar-refractivity contribution in [2.75, 3.05) is 27.4 Å². The van der Waals surface area contributed by atoms with Crippen molar-refractivity contribution in [1.29, 1.82) is 0 Å². The van der Waals surface area contributed by atoms with E-state index in [4.69, 9.17) is 19.2 Å². The lowest BCUT2D eigenvalue weighted by atomic mass is 10.0. The minimum absolute atomic E-state index is 0.331. The summed E-state index contributed by atoms with van der Waals surface area (Å²) in [6.07, 6.45) is 0.699. The van der Waals surface area contributed by atoms with E-state index in [0.717, 1.165) is 11.1 Å². The largest absolute Gasteiger partial charge is 0.493 e. The number of fused-ring (bicyclic) bond motifs is 1. The Balaban J connectivity index is 1.50. The molecule has 7 nitrogen and oxygen atoms in total. The van der Waals surface area contributed by atoms with Gasteiger partial charge in [-0.3, -0.25) is 4.79 Å². The van der Waals surface area contributed by atoms with Crippen LogP contribution in [0.1, 0.15) is 15.9 Å². The van der Waals surface area contributed by atoms with Gasteiger partial charge in [-0.05, 0) is 42.3 Å². The molecule has 0 fully saturated rings. The van der Waals surface area contributed by atoms with E-state index in [-0.39, 0.29) is 12.5 Å². The molecule has 1 heterocycles. The summed E-state index contributed by atoms with van der Waals surface area (Å²) in [5.41, 5.74) is 3.41. The van der Waals surface area contributed by atoms with Crippen molar-refractivity contribution in [3.8, 4) is 22.8 Å². The summed E-state index contributed by atoms with van der Waals surface area (Å²) < 4.78 is 16.1. The van der Waals surface area contributed by atoms with Crippen LogP contribution in [0.5, 0.6) is 11.5 Å². The predicted molar refractivity (Wildman–Crippen MR) is 134 cm³/mol. The van der Waals surface area contributed by atoms with Crippen molar-refractivity contribution in [3.63, 3.8) is 0 Å². The molecule has 1 amide bonds. The fourth-order valence-electron chi connectivity index (χ4n) is 3.74. The van der Waals surface area contributed by atoms with Crippen molar-refractivity contribution in [1.82, 2.24) is 10.3 Å². The van der Waals surface area contributed by atoms with E-state index in [9.17, 15) is 9.59 Å². The molecule has 0 unspecified atom stereocenters. The van der Waals surface area contributed by atoms with E-state index < -0.39 is 5.97 Å². The third-order valence-corrected chi connectivity index (χ3v) is 5.53. The Morgan fingerprint density at radius 1 is 0.857 bits per heavy atom. The molecule has 1 N–H and O–H groups in total. The van der Waals surface area contributed by atoms with Gasteiger partial charge in [0.2, 0.25) is 0 Å². The molecule has 7 heteroatoms. The SMILES string of the molecule is COc1ccc(-c2cc(C(=O)OCC(=O)NCCc3ccccc3)c3ccccc3n2)cc1OC. The molecule has 0 spiro atoms. The van der Waals surface area contributed by atoms with E-state index in [2.05, 4.69) is 5.32 Å². The number of nitrogens with zero attached hydrogens (tertiary/aromatic N) is 1. The van der Waals surface area contributed by atoms with Gasteiger partial charge in [0.05, 0.1) is 31.0 Å². The number of ether oxygens (including phenoxy) is 3. The highest BCUT2D eigenvalue weighted by molar-refractivity contribution is 6.05. The van der Waals surface area contributed by atoms with Crippen LogP contribution in [0.25, 0.3) is 22.2 Å². The molecule has 35 heavy (non-hydrogen) atoms. The van der Waals surface area contributed by atoms with Crippen LogP contribution in [0, 0.1) is 0 Å². The Labute approximate surface area is 203 Å². The number of benzene rings is 3. The van der Waals surface area contributed by atoms with Gasteiger partial charge >= 0.3 is 5.97 Å². The number of esters is 1. The first kappa shape index (κ1) is 23.8. The molecule has 0 aliphatic rings. The highest BCUT2D eigenvalue weighted by Gasteiger charge is 2.17. The van der Waals surface area contributed by atoms with Crippen LogP contribution < -0.4 is 14.8 Å². The molecule has 178 valence electrons. The van der Waals surface area contributed by atoms with Gasteiger partial charge in [0.25, 0.3) is 5.91 Å². The second-order valence-corrected chi connectivity index (χ2v) is 7.80. The summed E-state index contributed by atoms with van der Waals surface area (Å²) in [5, 5.41) is 3.43. The molecular weight excluding hydrogens is 444 g/mol. The minimum atomic E-state index is -0.594. The van der Waals surface area contributed by atoms with Crippen LogP contribution in [0.15, 0.2) is 78.9 Å². The van der Waals surface area contributed by atoms with Crippen LogP contribution in [0.4, 0.5) is 0 Å². The van der Waals surface area contributed by atoms with Crippen molar-refractivity contribution >= 4 is 22.8 Å². The molecular formula is C28H26N2O5. The van der Waals surface area contributed by atoms with Gasteiger partial charge in [-0.25, -0.2) is 9.78 Å². The minimum Gasteiger partial charge on any atom is -0.493 e. The van der Waals surface area contributed by atoms with Gasteiger partial charge in [-0.1, -0.05) is 48.5 Å². The maximum Gasteiger partial charge on any atom is 0.339 e. The Morgan fingerprint density at radius 3 is 2.37 bits per heavy atom. The number of hydrogen-bond acceptors (Lipinski definition) is 6. The lowest BCUT2D eigenvalue weighted by Gasteiger charge is -2.12. The normalized spacial score (nSPS) is 10.6. The highest BCUT2D eigenvalue weighted by Crippen LogP contribution is 2.33. The van der Waals surface area contributed by atoms with Gasteiger partial charge in [0.15, 0.2) is 18.1 Å². The Bertz CT molecular complexity index is 1340. The number of methoxy groups -OCH3 is 2. The first-order valence-electron chi connectivity index (χ1n) is 11.2. The summed E-state index contributed by atoms with van der Waals surface area (Å²) in [4.78, 5) is 29.9. The molecule has 0 atom stereocenters. The van der Waals surface area contributed by atoms with E-state index in [1.54, 1.807) is 38.5 Å². The van der Waals surface area contributed by atoms with Crippen LogP contribution in [0.2, 0.25) is 0 Å². The van der Waals surface area contributed by atoms with Crippen molar-refractivity contribution in [2.24, 2.45) is 0 Å². The first-order valence-corrected chi connectivity index (χ1v) is 11.2. The van der Waals surface area contributed by atoms with E-state index in [0.29, 0.717) is 46.6 Å². The third kappa shape index (κ3) is 5.76. The molecule has 0 bridgehead atoms. The van der Waals surface area contributed by atoms with Crippen molar-refractivity contribution in [2.45, 2.75) is 6.42 Å². The van der Waals surface area contributed by atoms with Crippen LogP contribution in [-0.4, -0.2) is 44.2 Å². The second-order valence-electron chi connectivity index (χ2n) is 7.80. The zero-order valence-electron chi connectivity index (χ0n) is 19.6. The molecule has 0 saturated heterocycles. The number of carbonyl (C=O) groups excluding carboxylic acids is 2. The lowest BCUT2D eigenvalue weighted by molar-refractivity contribution is -0.124. The quantitative estimate of drug-likeness (QED) is 0.364. The zero-order chi connectivity index (χ0) is 24.6. The third-order valence-electron chi connectivity index (χ3n) is 5.53. The topological polar surface area (TPSA) is 86.8 Å².